The Hall–Kier alpha value is -0.540. The van der Waals surface area contributed by atoms with E-state index in [4.69, 9.17) is 4.74 Å². The summed E-state index contributed by atoms with van der Waals surface area (Å²) in [5.74, 6) is 0.790. The molecule has 0 aromatic rings. The highest BCUT2D eigenvalue weighted by molar-refractivity contribution is 4.84. The molecular weight excluding hydrogens is 128 g/mol. The van der Waals surface area contributed by atoms with Gasteiger partial charge in [0, 0.05) is 6.54 Å². The highest BCUT2D eigenvalue weighted by Crippen LogP contribution is 1.88. The van der Waals surface area contributed by atoms with Crippen molar-refractivity contribution in [2.75, 3.05) is 33.8 Å². The van der Waals surface area contributed by atoms with Crippen LogP contribution in [0.4, 0.5) is 0 Å². The van der Waals surface area contributed by atoms with Gasteiger partial charge in [0.1, 0.15) is 12.4 Å². The number of ether oxygens (including phenoxy) is 1. The monoisotopic (exact) mass is 144 g/mol. The summed E-state index contributed by atoms with van der Waals surface area (Å²) in [6.07, 6.45) is 0. The topological polar surface area (TPSA) is 33.3 Å². The average Bonchev–Trinajstić information content (AvgIpc) is 1.89. The molecule has 0 aliphatic rings. The van der Waals surface area contributed by atoms with Crippen LogP contribution < -0.4 is 10.6 Å². The molecule has 2 N–H and O–H groups in total. The summed E-state index contributed by atoms with van der Waals surface area (Å²) >= 11 is 0. The summed E-state index contributed by atoms with van der Waals surface area (Å²) in [4.78, 5) is 0. The number of hydrogen-bond acceptors (Lipinski definition) is 3. The molecule has 3 nitrogen and oxygen atoms in total. The van der Waals surface area contributed by atoms with E-state index in [-0.39, 0.29) is 0 Å². The molecule has 0 atom stereocenters. The van der Waals surface area contributed by atoms with Crippen LogP contribution in [0, 0.1) is 0 Å². The van der Waals surface area contributed by atoms with E-state index in [2.05, 4.69) is 17.2 Å². The minimum atomic E-state index is 0.691. The first-order valence-electron chi connectivity index (χ1n) is 3.41. The maximum absolute atomic E-state index is 5.20. The van der Waals surface area contributed by atoms with Crippen LogP contribution >= 0.6 is 0 Å². The van der Waals surface area contributed by atoms with Crippen LogP contribution in [-0.2, 0) is 4.74 Å². The molecule has 60 valence electrons. The van der Waals surface area contributed by atoms with Gasteiger partial charge in [-0.3, -0.25) is 0 Å². The Bertz CT molecular complexity index is 93.6. The molecule has 0 spiro atoms. The van der Waals surface area contributed by atoms with Gasteiger partial charge < -0.3 is 15.4 Å². The standard InChI is InChI=1S/C7H16N2O/c1-7(6-9-3)10-5-4-8-2/h8-9H,1,4-6H2,2-3H3. The first-order chi connectivity index (χ1) is 4.81. The molecule has 0 aliphatic carbocycles. The van der Waals surface area contributed by atoms with Crippen molar-refractivity contribution in [3.8, 4) is 0 Å². The maximum Gasteiger partial charge on any atom is 0.103 e. The average molecular weight is 144 g/mol. The lowest BCUT2D eigenvalue weighted by atomic mass is 10.5. The summed E-state index contributed by atoms with van der Waals surface area (Å²) in [5, 5.41) is 5.93. The van der Waals surface area contributed by atoms with E-state index in [0.29, 0.717) is 6.61 Å². The van der Waals surface area contributed by atoms with Gasteiger partial charge in [0.2, 0.25) is 0 Å². The lowest BCUT2D eigenvalue weighted by Gasteiger charge is -2.07. The van der Waals surface area contributed by atoms with Crippen LogP contribution in [0.25, 0.3) is 0 Å². The Morgan fingerprint density at radius 3 is 2.60 bits per heavy atom. The highest BCUT2D eigenvalue weighted by atomic mass is 16.5. The molecule has 0 heterocycles. The first kappa shape index (κ1) is 9.46. The molecule has 0 rings (SSSR count). The van der Waals surface area contributed by atoms with Crippen LogP contribution in [0.15, 0.2) is 12.3 Å². The van der Waals surface area contributed by atoms with Gasteiger partial charge in [0.15, 0.2) is 0 Å². The number of rotatable bonds is 6. The molecule has 0 radical (unpaired) electrons. The van der Waals surface area contributed by atoms with E-state index in [1.54, 1.807) is 0 Å². The SMILES string of the molecule is C=C(CNC)OCCNC. The molecule has 0 bridgehead atoms. The van der Waals surface area contributed by atoms with Gasteiger partial charge in [-0.2, -0.15) is 0 Å². The summed E-state index contributed by atoms with van der Waals surface area (Å²) in [7, 11) is 3.76. The molecule has 0 saturated carbocycles. The smallest absolute Gasteiger partial charge is 0.103 e. The van der Waals surface area contributed by atoms with Crippen molar-refractivity contribution in [1.29, 1.82) is 0 Å². The summed E-state index contributed by atoms with van der Waals surface area (Å²) in [5.41, 5.74) is 0. The van der Waals surface area contributed by atoms with Crippen molar-refractivity contribution in [3.05, 3.63) is 12.3 Å². The van der Waals surface area contributed by atoms with Crippen LogP contribution in [0.3, 0.4) is 0 Å². The van der Waals surface area contributed by atoms with Gasteiger partial charge in [-0.05, 0) is 14.1 Å². The minimum Gasteiger partial charge on any atom is -0.496 e. The normalized spacial score (nSPS) is 9.40. The van der Waals surface area contributed by atoms with Gasteiger partial charge in [0.05, 0.1) is 6.54 Å². The lowest BCUT2D eigenvalue weighted by molar-refractivity contribution is 0.210. The Balaban J connectivity index is 3.05. The third-order valence-electron chi connectivity index (χ3n) is 1.03. The van der Waals surface area contributed by atoms with Gasteiger partial charge >= 0.3 is 0 Å². The predicted molar refractivity (Wildman–Crippen MR) is 42.9 cm³/mol. The summed E-state index contributed by atoms with van der Waals surface area (Å²) in [6.45, 7) is 5.98. The molecular formula is C7H16N2O. The Labute approximate surface area is 62.5 Å². The zero-order valence-electron chi connectivity index (χ0n) is 6.74. The maximum atomic E-state index is 5.20. The quantitative estimate of drug-likeness (QED) is 0.405. The number of nitrogens with one attached hydrogen (secondary N) is 2. The van der Waals surface area contributed by atoms with Crippen LogP contribution in [0.5, 0.6) is 0 Å². The molecule has 0 aliphatic heterocycles. The molecule has 3 heteroatoms. The zero-order valence-corrected chi connectivity index (χ0v) is 6.74. The first-order valence-corrected chi connectivity index (χ1v) is 3.41. The van der Waals surface area contributed by atoms with Crippen LogP contribution in [-0.4, -0.2) is 33.8 Å². The second kappa shape index (κ2) is 6.58. The van der Waals surface area contributed by atoms with Crippen molar-refractivity contribution in [1.82, 2.24) is 10.6 Å². The fourth-order valence-electron chi connectivity index (χ4n) is 0.546. The van der Waals surface area contributed by atoms with E-state index < -0.39 is 0 Å². The molecule has 10 heavy (non-hydrogen) atoms. The third-order valence-corrected chi connectivity index (χ3v) is 1.03. The van der Waals surface area contributed by atoms with Gasteiger partial charge in [-0.1, -0.05) is 6.58 Å². The molecule has 0 fully saturated rings. The van der Waals surface area contributed by atoms with E-state index in [9.17, 15) is 0 Å². The number of hydrogen-bond donors (Lipinski definition) is 2. The summed E-state index contributed by atoms with van der Waals surface area (Å²) in [6, 6.07) is 0. The Morgan fingerprint density at radius 1 is 1.40 bits per heavy atom. The molecule has 0 saturated heterocycles. The van der Waals surface area contributed by atoms with Gasteiger partial charge in [0.25, 0.3) is 0 Å². The van der Waals surface area contributed by atoms with Gasteiger partial charge in [-0.15, -0.1) is 0 Å². The largest absolute Gasteiger partial charge is 0.496 e. The van der Waals surface area contributed by atoms with Crippen molar-refractivity contribution in [2.24, 2.45) is 0 Å². The van der Waals surface area contributed by atoms with Crippen molar-refractivity contribution in [3.63, 3.8) is 0 Å². The highest BCUT2D eigenvalue weighted by Gasteiger charge is 1.89. The second-order valence-electron chi connectivity index (χ2n) is 2.02. The van der Waals surface area contributed by atoms with Crippen molar-refractivity contribution in [2.45, 2.75) is 0 Å². The fraction of sp³-hybridized carbons (Fsp3) is 0.714. The predicted octanol–water partition coefficient (Wildman–Crippen LogP) is -0.0445. The van der Waals surface area contributed by atoms with E-state index in [1.807, 2.05) is 14.1 Å². The fourth-order valence-corrected chi connectivity index (χ4v) is 0.546. The van der Waals surface area contributed by atoms with Crippen molar-refractivity contribution < 1.29 is 4.74 Å². The zero-order chi connectivity index (χ0) is 7.82. The van der Waals surface area contributed by atoms with Crippen LogP contribution in [0.1, 0.15) is 0 Å². The van der Waals surface area contributed by atoms with E-state index in [0.717, 1.165) is 18.8 Å². The van der Waals surface area contributed by atoms with Crippen molar-refractivity contribution >= 4 is 0 Å². The van der Waals surface area contributed by atoms with E-state index >= 15 is 0 Å². The minimum absolute atomic E-state index is 0.691. The van der Waals surface area contributed by atoms with Gasteiger partial charge in [-0.25, -0.2) is 0 Å². The summed E-state index contributed by atoms with van der Waals surface area (Å²) < 4.78 is 5.20. The molecule has 0 unspecified atom stereocenters. The Morgan fingerprint density at radius 2 is 2.10 bits per heavy atom. The van der Waals surface area contributed by atoms with E-state index in [1.165, 1.54) is 0 Å². The molecule has 0 aromatic heterocycles. The number of likely N-dealkylation sites (N-methyl/N-ethyl adjacent to an activating group) is 2. The van der Waals surface area contributed by atoms with Crippen LogP contribution in [0.2, 0.25) is 0 Å². The molecule has 0 amide bonds. The third kappa shape index (κ3) is 5.59. The lowest BCUT2D eigenvalue weighted by Crippen LogP contribution is -2.17. The molecule has 0 aromatic carbocycles. The second-order valence-corrected chi connectivity index (χ2v) is 2.02. The Kier molecular flexibility index (Phi) is 6.22.